The van der Waals surface area contributed by atoms with E-state index in [0.29, 0.717) is 11.3 Å². The Morgan fingerprint density at radius 2 is 1.86 bits per heavy atom. The van der Waals surface area contributed by atoms with E-state index in [4.69, 9.17) is 0 Å². The smallest absolute Gasteiger partial charge is 0.0187 e. The Morgan fingerprint density at radius 1 is 1.21 bits per heavy atom. The molecule has 1 nitrogen and oxygen atoms in total. The summed E-state index contributed by atoms with van der Waals surface area (Å²) >= 11 is 2.00. The van der Waals surface area contributed by atoms with Crippen molar-refractivity contribution in [3.63, 3.8) is 0 Å². The lowest BCUT2D eigenvalue weighted by atomic mass is 10.2. The molecule has 0 amide bonds. The van der Waals surface area contributed by atoms with Crippen molar-refractivity contribution in [2.75, 3.05) is 7.05 Å². The molecule has 1 rings (SSSR count). The van der Waals surface area contributed by atoms with Gasteiger partial charge in [0.1, 0.15) is 0 Å². The molecule has 0 aliphatic carbocycles. The summed E-state index contributed by atoms with van der Waals surface area (Å²) in [5, 5.41) is 3.93. The van der Waals surface area contributed by atoms with Crippen LogP contribution in [0.15, 0.2) is 30.3 Å². The highest BCUT2D eigenvalue weighted by Crippen LogP contribution is 2.19. The predicted molar refractivity (Wildman–Crippen MR) is 65.7 cm³/mol. The quantitative estimate of drug-likeness (QED) is 0.800. The van der Waals surface area contributed by atoms with Crippen LogP contribution < -0.4 is 5.32 Å². The average molecular weight is 209 g/mol. The van der Waals surface area contributed by atoms with Crippen LogP contribution in [0, 0.1) is 0 Å². The maximum absolute atomic E-state index is 3.28. The van der Waals surface area contributed by atoms with Crippen molar-refractivity contribution in [1.82, 2.24) is 5.32 Å². The lowest BCUT2D eigenvalue weighted by Crippen LogP contribution is -2.30. The Hall–Kier alpha value is -0.470. The van der Waals surface area contributed by atoms with Gasteiger partial charge in [-0.2, -0.15) is 11.8 Å². The van der Waals surface area contributed by atoms with Crippen LogP contribution in [0.3, 0.4) is 0 Å². The first-order valence-electron chi connectivity index (χ1n) is 5.07. The van der Waals surface area contributed by atoms with E-state index in [9.17, 15) is 0 Å². The van der Waals surface area contributed by atoms with E-state index in [0.717, 1.165) is 5.75 Å². The van der Waals surface area contributed by atoms with Gasteiger partial charge in [-0.15, -0.1) is 0 Å². The lowest BCUT2D eigenvalue weighted by molar-refractivity contribution is 0.605. The van der Waals surface area contributed by atoms with Gasteiger partial charge in [-0.05, 0) is 19.5 Å². The maximum Gasteiger partial charge on any atom is 0.0187 e. The zero-order chi connectivity index (χ0) is 10.4. The first-order chi connectivity index (χ1) is 6.74. The van der Waals surface area contributed by atoms with E-state index >= 15 is 0 Å². The molecule has 0 aromatic heterocycles. The molecule has 0 aliphatic heterocycles. The molecule has 0 saturated carbocycles. The van der Waals surface area contributed by atoms with Gasteiger partial charge in [0.15, 0.2) is 0 Å². The van der Waals surface area contributed by atoms with Crippen molar-refractivity contribution >= 4 is 11.8 Å². The normalized spacial score (nSPS) is 15.1. The highest BCUT2D eigenvalue weighted by Gasteiger charge is 2.09. The van der Waals surface area contributed by atoms with Crippen LogP contribution in [0.4, 0.5) is 0 Å². The summed E-state index contributed by atoms with van der Waals surface area (Å²) in [7, 11) is 2.02. The van der Waals surface area contributed by atoms with Gasteiger partial charge < -0.3 is 5.32 Å². The molecule has 78 valence electrons. The Bertz CT molecular complexity index is 248. The minimum atomic E-state index is 0.573. The predicted octanol–water partition coefficient (Wildman–Crippen LogP) is 2.92. The Labute approximate surface area is 91.3 Å². The molecule has 2 heteroatoms. The van der Waals surface area contributed by atoms with Crippen LogP contribution in [0.1, 0.15) is 19.4 Å². The minimum absolute atomic E-state index is 0.573. The molecule has 0 heterocycles. The standard InChI is InChI=1S/C12H19NS/c1-10(13-3)11(2)14-9-12-7-5-4-6-8-12/h4-8,10-11,13H,9H2,1-3H3. The summed E-state index contributed by atoms with van der Waals surface area (Å²) in [6, 6.07) is 11.2. The number of benzene rings is 1. The van der Waals surface area contributed by atoms with Gasteiger partial charge in [-0.1, -0.05) is 37.3 Å². The second kappa shape index (κ2) is 6.10. The van der Waals surface area contributed by atoms with E-state index < -0.39 is 0 Å². The van der Waals surface area contributed by atoms with E-state index in [1.54, 1.807) is 0 Å². The fourth-order valence-corrected chi connectivity index (χ4v) is 2.25. The summed E-state index contributed by atoms with van der Waals surface area (Å²) in [5.41, 5.74) is 1.41. The third-order valence-electron chi connectivity index (χ3n) is 2.52. The highest BCUT2D eigenvalue weighted by atomic mass is 32.2. The summed E-state index contributed by atoms with van der Waals surface area (Å²) < 4.78 is 0. The van der Waals surface area contributed by atoms with Crippen LogP contribution in [-0.2, 0) is 5.75 Å². The van der Waals surface area contributed by atoms with Gasteiger partial charge in [0.05, 0.1) is 0 Å². The van der Waals surface area contributed by atoms with Crippen molar-refractivity contribution in [1.29, 1.82) is 0 Å². The van der Waals surface area contributed by atoms with Gasteiger partial charge >= 0.3 is 0 Å². The van der Waals surface area contributed by atoms with Crippen LogP contribution in [0.25, 0.3) is 0 Å². The second-order valence-corrected chi connectivity index (χ2v) is 4.94. The van der Waals surface area contributed by atoms with Gasteiger partial charge in [0.2, 0.25) is 0 Å². The van der Waals surface area contributed by atoms with Crippen molar-refractivity contribution < 1.29 is 0 Å². The molecule has 0 spiro atoms. The minimum Gasteiger partial charge on any atom is -0.316 e. The number of rotatable bonds is 5. The zero-order valence-corrected chi connectivity index (χ0v) is 9.97. The van der Waals surface area contributed by atoms with E-state index in [1.807, 2.05) is 18.8 Å². The molecular formula is C12H19NS. The molecular weight excluding hydrogens is 190 g/mol. The van der Waals surface area contributed by atoms with E-state index in [2.05, 4.69) is 49.5 Å². The Balaban J connectivity index is 2.34. The van der Waals surface area contributed by atoms with E-state index in [-0.39, 0.29) is 0 Å². The summed E-state index contributed by atoms with van der Waals surface area (Å²) in [4.78, 5) is 0. The van der Waals surface area contributed by atoms with Gasteiger partial charge in [0, 0.05) is 17.0 Å². The molecule has 0 radical (unpaired) electrons. The SMILES string of the molecule is CNC(C)C(C)SCc1ccccc1. The number of nitrogens with one attached hydrogen (secondary N) is 1. The maximum atomic E-state index is 3.28. The van der Waals surface area contributed by atoms with Gasteiger partial charge in [0.25, 0.3) is 0 Å². The molecule has 2 unspecified atom stereocenters. The second-order valence-electron chi connectivity index (χ2n) is 3.58. The first-order valence-corrected chi connectivity index (χ1v) is 6.11. The summed E-state index contributed by atoms with van der Waals surface area (Å²) in [6.45, 7) is 4.50. The first kappa shape index (κ1) is 11.6. The number of thioether (sulfide) groups is 1. The summed E-state index contributed by atoms with van der Waals surface area (Å²) in [5.74, 6) is 1.11. The molecule has 14 heavy (non-hydrogen) atoms. The fraction of sp³-hybridized carbons (Fsp3) is 0.500. The third-order valence-corrected chi connectivity index (χ3v) is 3.95. The van der Waals surface area contributed by atoms with Crippen molar-refractivity contribution in [2.24, 2.45) is 0 Å². The monoisotopic (exact) mass is 209 g/mol. The molecule has 0 bridgehead atoms. The summed E-state index contributed by atoms with van der Waals surface area (Å²) in [6.07, 6.45) is 0. The Morgan fingerprint density at radius 3 is 2.43 bits per heavy atom. The Kier molecular flexibility index (Phi) is 5.05. The largest absolute Gasteiger partial charge is 0.316 e. The molecule has 1 aromatic carbocycles. The van der Waals surface area contributed by atoms with Gasteiger partial charge in [-0.3, -0.25) is 0 Å². The average Bonchev–Trinajstić information content (AvgIpc) is 2.26. The van der Waals surface area contributed by atoms with Crippen LogP contribution >= 0.6 is 11.8 Å². The third kappa shape index (κ3) is 3.72. The topological polar surface area (TPSA) is 12.0 Å². The highest BCUT2D eigenvalue weighted by molar-refractivity contribution is 7.99. The molecule has 1 N–H and O–H groups in total. The van der Waals surface area contributed by atoms with Crippen LogP contribution in [0.2, 0.25) is 0 Å². The molecule has 2 atom stereocenters. The fourth-order valence-electron chi connectivity index (χ4n) is 1.18. The van der Waals surface area contributed by atoms with Crippen LogP contribution in [0.5, 0.6) is 0 Å². The van der Waals surface area contributed by atoms with Crippen molar-refractivity contribution in [3.05, 3.63) is 35.9 Å². The van der Waals surface area contributed by atoms with Crippen molar-refractivity contribution in [2.45, 2.75) is 30.9 Å². The number of hydrogen-bond donors (Lipinski definition) is 1. The van der Waals surface area contributed by atoms with Crippen molar-refractivity contribution in [3.8, 4) is 0 Å². The van der Waals surface area contributed by atoms with Crippen LogP contribution in [-0.4, -0.2) is 18.3 Å². The van der Waals surface area contributed by atoms with E-state index in [1.165, 1.54) is 5.56 Å². The molecule has 0 fully saturated rings. The lowest BCUT2D eigenvalue weighted by Gasteiger charge is -2.18. The van der Waals surface area contributed by atoms with Gasteiger partial charge in [-0.25, -0.2) is 0 Å². The molecule has 0 saturated heterocycles. The molecule has 1 aromatic rings. The molecule has 0 aliphatic rings. The number of hydrogen-bond acceptors (Lipinski definition) is 2. The zero-order valence-electron chi connectivity index (χ0n) is 9.16.